The van der Waals surface area contributed by atoms with Gasteiger partial charge < -0.3 is 4.90 Å². The number of nitrogens with zero attached hydrogens (tertiary/aromatic N) is 1. The lowest BCUT2D eigenvalue weighted by Gasteiger charge is -2.16. The monoisotopic (exact) mass is 301 g/mol. The van der Waals surface area contributed by atoms with Crippen molar-refractivity contribution in [1.29, 1.82) is 0 Å². The van der Waals surface area contributed by atoms with Gasteiger partial charge in [0.15, 0.2) is 0 Å². The Bertz CT molecular complexity index is 255. The first-order chi connectivity index (χ1) is 8.22. The predicted molar refractivity (Wildman–Crippen MR) is 77.2 cm³/mol. The molecule has 2 nitrogen and oxygen atoms in total. The van der Waals surface area contributed by atoms with Crippen LogP contribution in [0.3, 0.4) is 0 Å². The van der Waals surface area contributed by atoms with Crippen molar-refractivity contribution in [2.24, 2.45) is 0 Å². The van der Waals surface area contributed by atoms with Crippen LogP contribution in [0.4, 0.5) is 0 Å². The van der Waals surface area contributed by atoms with Gasteiger partial charge in [-0.15, -0.1) is 5.92 Å². The van der Waals surface area contributed by atoms with Crippen molar-refractivity contribution < 1.29 is 4.79 Å². The van der Waals surface area contributed by atoms with Crippen LogP contribution >= 0.6 is 15.9 Å². The molecule has 0 heterocycles. The summed E-state index contributed by atoms with van der Waals surface area (Å²) in [5.41, 5.74) is 0. The second-order valence-electron chi connectivity index (χ2n) is 4.22. The van der Waals surface area contributed by atoms with E-state index in [0.717, 1.165) is 50.4 Å². The maximum atomic E-state index is 11.7. The molecule has 0 radical (unpaired) electrons. The number of alkyl halides is 1. The van der Waals surface area contributed by atoms with Crippen LogP contribution < -0.4 is 0 Å². The van der Waals surface area contributed by atoms with Crippen LogP contribution in [-0.4, -0.2) is 29.7 Å². The number of carbonyl (C=O) groups excluding carboxylic acids is 1. The number of hydrogen-bond donors (Lipinski definition) is 0. The fourth-order valence-corrected chi connectivity index (χ4v) is 1.71. The summed E-state index contributed by atoms with van der Waals surface area (Å²) < 4.78 is 0. The maximum Gasteiger partial charge on any atom is 0.222 e. The lowest BCUT2D eigenvalue weighted by molar-refractivity contribution is -0.130. The van der Waals surface area contributed by atoms with Crippen molar-refractivity contribution in [3.63, 3.8) is 0 Å². The van der Waals surface area contributed by atoms with Gasteiger partial charge >= 0.3 is 0 Å². The molecule has 17 heavy (non-hydrogen) atoms. The number of carbonyl (C=O) groups is 1. The molecular weight excluding hydrogens is 278 g/mol. The molecule has 98 valence electrons. The third kappa shape index (κ3) is 10.4. The smallest absolute Gasteiger partial charge is 0.222 e. The Hall–Kier alpha value is -0.490. The zero-order valence-electron chi connectivity index (χ0n) is 11.1. The molecule has 0 fully saturated rings. The second kappa shape index (κ2) is 12.0. The molecule has 0 N–H and O–H groups in total. The minimum atomic E-state index is 0.282. The maximum absolute atomic E-state index is 11.7. The number of rotatable bonds is 8. The van der Waals surface area contributed by atoms with Crippen LogP contribution in [0.25, 0.3) is 0 Å². The van der Waals surface area contributed by atoms with Crippen molar-refractivity contribution >= 4 is 21.8 Å². The Labute approximate surface area is 114 Å². The van der Waals surface area contributed by atoms with Gasteiger partial charge in [-0.3, -0.25) is 4.79 Å². The molecule has 0 spiro atoms. The minimum absolute atomic E-state index is 0.282. The Balaban J connectivity index is 3.44. The van der Waals surface area contributed by atoms with Crippen LogP contribution in [0, 0.1) is 11.8 Å². The molecule has 0 aromatic heterocycles. The van der Waals surface area contributed by atoms with Crippen molar-refractivity contribution in [2.45, 2.75) is 51.9 Å². The third-order valence-electron chi connectivity index (χ3n) is 2.66. The molecule has 0 aliphatic carbocycles. The van der Waals surface area contributed by atoms with Gasteiger partial charge in [0.25, 0.3) is 0 Å². The summed E-state index contributed by atoms with van der Waals surface area (Å²) in [7, 11) is 1.90. The average Bonchev–Trinajstić information content (AvgIpc) is 2.34. The first kappa shape index (κ1) is 16.5. The van der Waals surface area contributed by atoms with Crippen molar-refractivity contribution in [2.75, 3.05) is 18.9 Å². The van der Waals surface area contributed by atoms with Crippen LogP contribution in [0.2, 0.25) is 0 Å². The number of amides is 1. The molecule has 0 aliphatic heterocycles. The molecule has 0 aromatic carbocycles. The molecule has 0 rings (SSSR count). The largest absolute Gasteiger partial charge is 0.346 e. The number of hydrogen-bond acceptors (Lipinski definition) is 1. The molecule has 0 aromatic rings. The first-order valence-corrected chi connectivity index (χ1v) is 7.60. The summed E-state index contributed by atoms with van der Waals surface area (Å²) in [6, 6.07) is 0. The van der Waals surface area contributed by atoms with E-state index < -0.39 is 0 Å². The van der Waals surface area contributed by atoms with Gasteiger partial charge in [0.2, 0.25) is 5.91 Å². The standard InChI is InChI=1S/C14H24BrNO/c1-3-4-13-16(2)14(17)11-9-7-5-6-8-10-12-15/h3-7,9,11-13H2,1-2H3. The van der Waals surface area contributed by atoms with Gasteiger partial charge in [0.1, 0.15) is 0 Å². The zero-order valence-corrected chi connectivity index (χ0v) is 12.7. The van der Waals surface area contributed by atoms with Gasteiger partial charge in [-0.2, -0.15) is 0 Å². The van der Waals surface area contributed by atoms with Crippen LogP contribution in [0.5, 0.6) is 0 Å². The lowest BCUT2D eigenvalue weighted by Crippen LogP contribution is -2.27. The summed E-state index contributed by atoms with van der Waals surface area (Å²) in [5, 5.41) is 0.758. The van der Waals surface area contributed by atoms with E-state index in [1.165, 1.54) is 0 Å². The predicted octanol–water partition coefficient (Wildman–Crippen LogP) is 3.59. The Morgan fingerprint density at radius 3 is 2.59 bits per heavy atom. The molecule has 0 aliphatic rings. The summed E-state index contributed by atoms with van der Waals surface area (Å²) in [4.78, 5) is 13.5. The molecule has 1 amide bonds. The van der Waals surface area contributed by atoms with E-state index >= 15 is 0 Å². The Morgan fingerprint density at radius 2 is 1.94 bits per heavy atom. The van der Waals surface area contributed by atoms with E-state index in [9.17, 15) is 4.79 Å². The average molecular weight is 302 g/mol. The fraction of sp³-hybridized carbons (Fsp3) is 0.786. The summed E-state index contributed by atoms with van der Waals surface area (Å²) in [6.45, 7) is 3.04. The van der Waals surface area contributed by atoms with Crippen LogP contribution in [0.1, 0.15) is 51.9 Å². The summed E-state index contributed by atoms with van der Waals surface area (Å²) in [5.74, 6) is 6.34. The normalized spacial score (nSPS) is 9.59. The SMILES string of the molecule is CCCCN(C)C(=O)CCCCCC#CCBr. The number of halogens is 1. The summed E-state index contributed by atoms with van der Waals surface area (Å²) >= 11 is 3.26. The Kier molecular flexibility index (Phi) is 11.6. The molecular formula is C14H24BrNO. The van der Waals surface area contributed by atoms with E-state index in [1.807, 2.05) is 11.9 Å². The van der Waals surface area contributed by atoms with Gasteiger partial charge in [0, 0.05) is 26.4 Å². The van der Waals surface area contributed by atoms with E-state index in [1.54, 1.807) is 0 Å². The molecule has 0 saturated heterocycles. The van der Waals surface area contributed by atoms with Gasteiger partial charge in [-0.1, -0.05) is 41.6 Å². The van der Waals surface area contributed by atoms with Crippen molar-refractivity contribution in [3.05, 3.63) is 0 Å². The van der Waals surface area contributed by atoms with Crippen LogP contribution in [-0.2, 0) is 4.79 Å². The summed E-state index contributed by atoms with van der Waals surface area (Å²) in [6.07, 6.45) is 7.08. The third-order valence-corrected chi connectivity index (χ3v) is 2.94. The fourth-order valence-electron chi connectivity index (χ4n) is 1.51. The molecule has 0 atom stereocenters. The molecule has 0 bridgehead atoms. The van der Waals surface area contributed by atoms with E-state index in [2.05, 4.69) is 34.7 Å². The van der Waals surface area contributed by atoms with Crippen LogP contribution in [0.15, 0.2) is 0 Å². The van der Waals surface area contributed by atoms with E-state index in [-0.39, 0.29) is 5.91 Å². The van der Waals surface area contributed by atoms with E-state index in [4.69, 9.17) is 0 Å². The van der Waals surface area contributed by atoms with Crippen molar-refractivity contribution in [1.82, 2.24) is 4.90 Å². The first-order valence-electron chi connectivity index (χ1n) is 6.48. The highest BCUT2D eigenvalue weighted by Gasteiger charge is 2.06. The zero-order chi connectivity index (χ0) is 12.9. The minimum Gasteiger partial charge on any atom is -0.346 e. The second-order valence-corrected chi connectivity index (χ2v) is 4.78. The Morgan fingerprint density at radius 1 is 1.18 bits per heavy atom. The van der Waals surface area contributed by atoms with E-state index in [0.29, 0.717) is 6.42 Å². The molecule has 0 saturated carbocycles. The molecule has 3 heteroatoms. The quantitative estimate of drug-likeness (QED) is 0.381. The lowest BCUT2D eigenvalue weighted by atomic mass is 10.1. The molecule has 0 unspecified atom stereocenters. The van der Waals surface area contributed by atoms with Gasteiger partial charge in [-0.05, 0) is 19.3 Å². The highest BCUT2D eigenvalue weighted by Crippen LogP contribution is 2.05. The van der Waals surface area contributed by atoms with Crippen molar-refractivity contribution in [3.8, 4) is 11.8 Å². The topological polar surface area (TPSA) is 20.3 Å². The number of unbranched alkanes of at least 4 members (excludes halogenated alkanes) is 4. The van der Waals surface area contributed by atoms with Gasteiger partial charge in [0.05, 0.1) is 5.33 Å². The van der Waals surface area contributed by atoms with Gasteiger partial charge in [-0.25, -0.2) is 0 Å². The highest BCUT2D eigenvalue weighted by molar-refractivity contribution is 9.09. The highest BCUT2D eigenvalue weighted by atomic mass is 79.9.